The van der Waals surface area contributed by atoms with E-state index in [-0.39, 0.29) is 0 Å². The van der Waals surface area contributed by atoms with E-state index in [4.69, 9.17) is 4.74 Å². The fourth-order valence-corrected chi connectivity index (χ4v) is 1.92. The minimum absolute atomic E-state index is 0.441. The molecule has 66 valence electrons. The minimum atomic E-state index is 0.441. The van der Waals surface area contributed by atoms with Crippen molar-refractivity contribution in [3.63, 3.8) is 0 Å². The zero-order valence-electron chi connectivity index (χ0n) is 8.29. The van der Waals surface area contributed by atoms with Crippen LogP contribution in [0.4, 0.5) is 0 Å². The fourth-order valence-electron chi connectivity index (χ4n) is 1.92. The zero-order chi connectivity index (χ0) is 8.59. The maximum Gasteiger partial charge on any atom is 0.0578 e. The van der Waals surface area contributed by atoms with E-state index in [1.54, 1.807) is 0 Å². The number of rotatable bonds is 0. The van der Waals surface area contributed by atoms with Gasteiger partial charge in [-0.3, -0.25) is 0 Å². The summed E-state index contributed by atoms with van der Waals surface area (Å²) in [7, 11) is 0. The highest BCUT2D eigenvalue weighted by Crippen LogP contribution is 2.34. The SMILES string of the molecule is CC1O[C@H](C)[C@@H](C)C(C)[C@H]1C. The molecule has 1 heterocycles. The molecular formula is C10H20O. The summed E-state index contributed by atoms with van der Waals surface area (Å²) < 4.78 is 5.78. The van der Waals surface area contributed by atoms with Gasteiger partial charge < -0.3 is 4.74 Å². The minimum Gasteiger partial charge on any atom is -0.375 e. The lowest BCUT2D eigenvalue weighted by Gasteiger charge is -2.41. The number of hydrogen-bond donors (Lipinski definition) is 0. The average molecular weight is 156 g/mol. The Labute approximate surface area is 70.1 Å². The fraction of sp³-hybridized carbons (Fsp3) is 1.00. The van der Waals surface area contributed by atoms with E-state index in [2.05, 4.69) is 34.6 Å². The van der Waals surface area contributed by atoms with Crippen molar-refractivity contribution in [1.82, 2.24) is 0 Å². The first-order chi connectivity index (χ1) is 5.04. The van der Waals surface area contributed by atoms with Crippen LogP contribution >= 0.6 is 0 Å². The Bertz CT molecular complexity index is 119. The van der Waals surface area contributed by atoms with Crippen molar-refractivity contribution in [3.8, 4) is 0 Å². The largest absolute Gasteiger partial charge is 0.375 e. The summed E-state index contributed by atoms with van der Waals surface area (Å²) in [5, 5.41) is 0. The molecular weight excluding hydrogens is 136 g/mol. The van der Waals surface area contributed by atoms with Crippen molar-refractivity contribution in [2.45, 2.75) is 46.8 Å². The van der Waals surface area contributed by atoms with Crippen molar-refractivity contribution in [3.05, 3.63) is 0 Å². The molecule has 0 aromatic carbocycles. The predicted octanol–water partition coefficient (Wildman–Crippen LogP) is 2.70. The van der Waals surface area contributed by atoms with Gasteiger partial charge >= 0.3 is 0 Å². The van der Waals surface area contributed by atoms with Gasteiger partial charge in [0.15, 0.2) is 0 Å². The molecule has 0 spiro atoms. The molecule has 0 N–H and O–H groups in total. The van der Waals surface area contributed by atoms with Crippen LogP contribution in [0.3, 0.4) is 0 Å². The smallest absolute Gasteiger partial charge is 0.0578 e. The summed E-state index contributed by atoms with van der Waals surface area (Å²) in [5.74, 6) is 2.22. The lowest BCUT2D eigenvalue weighted by Crippen LogP contribution is -2.41. The topological polar surface area (TPSA) is 9.23 Å². The maximum atomic E-state index is 5.78. The van der Waals surface area contributed by atoms with Crippen molar-refractivity contribution < 1.29 is 4.74 Å². The Balaban J connectivity index is 2.63. The van der Waals surface area contributed by atoms with E-state index in [1.165, 1.54) is 0 Å². The zero-order valence-corrected chi connectivity index (χ0v) is 8.29. The lowest BCUT2D eigenvalue weighted by atomic mass is 9.77. The Morgan fingerprint density at radius 1 is 0.636 bits per heavy atom. The second kappa shape index (κ2) is 3.14. The van der Waals surface area contributed by atoms with Gasteiger partial charge in [-0.15, -0.1) is 0 Å². The van der Waals surface area contributed by atoms with Gasteiger partial charge in [-0.1, -0.05) is 20.8 Å². The standard InChI is InChI=1S/C10H20O/c1-6-7(2)9(4)11-10(5)8(6)3/h6-10H,1-5H3/t6?,7-,8+,9+,10?/m0/s1. The van der Waals surface area contributed by atoms with Gasteiger partial charge in [0.05, 0.1) is 12.2 Å². The average Bonchev–Trinajstić information content (AvgIpc) is 1.97. The van der Waals surface area contributed by atoms with Crippen LogP contribution in [0.1, 0.15) is 34.6 Å². The first-order valence-corrected chi connectivity index (χ1v) is 4.69. The van der Waals surface area contributed by atoms with E-state index < -0.39 is 0 Å². The molecule has 0 amide bonds. The molecule has 0 aromatic rings. The Morgan fingerprint density at radius 3 is 1.36 bits per heavy atom. The lowest BCUT2D eigenvalue weighted by molar-refractivity contribution is -0.116. The highest BCUT2D eigenvalue weighted by molar-refractivity contribution is 4.81. The van der Waals surface area contributed by atoms with Crippen molar-refractivity contribution in [2.24, 2.45) is 17.8 Å². The third-order valence-corrected chi connectivity index (χ3v) is 3.57. The van der Waals surface area contributed by atoms with Gasteiger partial charge in [0, 0.05) is 0 Å². The van der Waals surface area contributed by atoms with E-state index in [1.807, 2.05) is 0 Å². The van der Waals surface area contributed by atoms with E-state index >= 15 is 0 Å². The third-order valence-electron chi connectivity index (χ3n) is 3.57. The normalized spacial score (nSPS) is 52.6. The summed E-state index contributed by atoms with van der Waals surface area (Å²) in [4.78, 5) is 0. The predicted molar refractivity (Wildman–Crippen MR) is 47.5 cm³/mol. The van der Waals surface area contributed by atoms with Gasteiger partial charge in [-0.25, -0.2) is 0 Å². The van der Waals surface area contributed by atoms with Gasteiger partial charge in [-0.2, -0.15) is 0 Å². The quantitative estimate of drug-likeness (QED) is 0.524. The second-order valence-electron chi connectivity index (χ2n) is 4.12. The highest BCUT2D eigenvalue weighted by atomic mass is 16.5. The van der Waals surface area contributed by atoms with Crippen LogP contribution in [0.5, 0.6) is 0 Å². The molecule has 0 radical (unpaired) electrons. The summed E-state index contributed by atoms with van der Waals surface area (Å²) in [6.45, 7) is 11.3. The molecule has 1 fully saturated rings. The maximum absolute atomic E-state index is 5.78. The van der Waals surface area contributed by atoms with Gasteiger partial charge in [0.1, 0.15) is 0 Å². The molecule has 0 bridgehead atoms. The summed E-state index contributed by atoms with van der Waals surface area (Å²) >= 11 is 0. The number of ether oxygens (including phenoxy) is 1. The first-order valence-electron chi connectivity index (χ1n) is 4.69. The van der Waals surface area contributed by atoms with Gasteiger partial charge in [-0.05, 0) is 31.6 Å². The molecule has 1 rings (SSSR count). The molecule has 1 saturated heterocycles. The first kappa shape index (κ1) is 9.05. The van der Waals surface area contributed by atoms with Gasteiger partial charge in [0.2, 0.25) is 0 Å². The molecule has 1 aliphatic heterocycles. The molecule has 0 saturated carbocycles. The van der Waals surface area contributed by atoms with Crippen LogP contribution in [0.2, 0.25) is 0 Å². The van der Waals surface area contributed by atoms with E-state index in [9.17, 15) is 0 Å². The van der Waals surface area contributed by atoms with E-state index in [0.29, 0.717) is 24.0 Å². The van der Waals surface area contributed by atoms with Crippen molar-refractivity contribution >= 4 is 0 Å². The summed E-state index contributed by atoms with van der Waals surface area (Å²) in [6.07, 6.45) is 0.882. The molecule has 1 nitrogen and oxygen atoms in total. The van der Waals surface area contributed by atoms with Crippen LogP contribution in [-0.4, -0.2) is 12.2 Å². The monoisotopic (exact) mass is 156 g/mol. The second-order valence-corrected chi connectivity index (χ2v) is 4.12. The summed E-state index contributed by atoms with van der Waals surface area (Å²) in [5.41, 5.74) is 0. The molecule has 1 heteroatoms. The van der Waals surface area contributed by atoms with Crippen LogP contribution in [0.25, 0.3) is 0 Å². The van der Waals surface area contributed by atoms with Crippen LogP contribution in [0, 0.1) is 17.8 Å². The Morgan fingerprint density at radius 2 is 1.00 bits per heavy atom. The molecule has 0 aliphatic carbocycles. The van der Waals surface area contributed by atoms with Crippen LogP contribution < -0.4 is 0 Å². The number of hydrogen-bond acceptors (Lipinski definition) is 1. The van der Waals surface area contributed by atoms with Crippen molar-refractivity contribution in [2.75, 3.05) is 0 Å². The van der Waals surface area contributed by atoms with Crippen molar-refractivity contribution in [1.29, 1.82) is 0 Å². The van der Waals surface area contributed by atoms with Crippen LogP contribution in [-0.2, 0) is 4.74 Å². The van der Waals surface area contributed by atoms with E-state index in [0.717, 1.165) is 5.92 Å². The summed E-state index contributed by atoms with van der Waals surface area (Å²) in [6, 6.07) is 0. The molecule has 1 aliphatic rings. The Kier molecular flexibility index (Phi) is 2.58. The van der Waals surface area contributed by atoms with Gasteiger partial charge in [0.25, 0.3) is 0 Å². The Hall–Kier alpha value is -0.0400. The highest BCUT2D eigenvalue weighted by Gasteiger charge is 2.34. The molecule has 5 atom stereocenters. The molecule has 11 heavy (non-hydrogen) atoms. The third kappa shape index (κ3) is 1.58. The molecule has 0 aromatic heterocycles. The van der Waals surface area contributed by atoms with Crippen LogP contribution in [0.15, 0.2) is 0 Å². The molecule has 2 unspecified atom stereocenters.